The molecule has 118 valence electrons. The highest BCUT2D eigenvalue weighted by Crippen LogP contribution is 2.14. The molecule has 2 rings (SSSR count). The van der Waals surface area contributed by atoms with E-state index in [9.17, 15) is 9.59 Å². The first-order valence-corrected chi connectivity index (χ1v) is 7.06. The molecule has 0 saturated heterocycles. The van der Waals surface area contributed by atoms with Crippen LogP contribution in [-0.2, 0) is 13.0 Å². The van der Waals surface area contributed by atoms with E-state index in [0.29, 0.717) is 6.42 Å². The van der Waals surface area contributed by atoms with E-state index in [4.69, 9.17) is 9.84 Å². The van der Waals surface area contributed by atoms with E-state index in [1.54, 1.807) is 0 Å². The molecule has 0 amide bonds. The van der Waals surface area contributed by atoms with E-state index in [0.717, 1.165) is 16.0 Å². The molecule has 1 heterocycles. The number of aliphatic hydroxyl groups excluding tert-OH is 1. The predicted octanol–water partition coefficient (Wildman–Crippen LogP) is 0.302. The zero-order chi connectivity index (χ0) is 16.1. The first kappa shape index (κ1) is 16.0. The maximum absolute atomic E-state index is 11.8. The van der Waals surface area contributed by atoms with Gasteiger partial charge in [-0.3, -0.25) is 9.78 Å². The van der Waals surface area contributed by atoms with Crippen molar-refractivity contribution in [2.75, 3.05) is 6.61 Å². The molecule has 7 nitrogen and oxygen atoms in total. The lowest BCUT2D eigenvalue weighted by atomic mass is 10.1. The monoisotopic (exact) mass is 305 g/mol. The van der Waals surface area contributed by atoms with E-state index < -0.39 is 11.2 Å². The van der Waals surface area contributed by atoms with Crippen molar-refractivity contribution in [1.29, 1.82) is 0 Å². The van der Waals surface area contributed by atoms with Crippen molar-refractivity contribution < 1.29 is 9.84 Å². The molecule has 0 atom stereocenters. The fourth-order valence-corrected chi connectivity index (χ4v) is 1.98. The van der Waals surface area contributed by atoms with Gasteiger partial charge < -0.3 is 9.84 Å². The first-order chi connectivity index (χ1) is 10.5. The topological polar surface area (TPSA) is 97.2 Å². The Morgan fingerprint density at radius 3 is 2.55 bits per heavy atom. The predicted molar refractivity (Wildman–Crippen MR) is 81.2 cm³/mol. The number of nitrogens with zero attached hydrogens (tertiary/aromatic N) is 2. The number of hydrogen-bond acceptors (Lipinski definition) is 5. The van der Waals surface area contributed by atoms with Gasteiger partial charge >= 0.3 is 5.69 Å². The van der Waals surface area contributed by atoms with Crippen molar-refractivity contribution in [3.05, 3.63) is 56.4 Å². The third kappa shape index (κ3) is 4.05. The van der Waals surface area contributed by atoms with Crippen LogP contribution in [0, 0.1) is 0 Å². The van der Waals surface area contributed by atoms with E-state index in [-0.39, 0.29) is 24.9 Å². The van der Waals surface area contributed by atoms with Crippen molar-refractivity contribution in [3.63, 3.8) is 0 Å². The van der Waals surface area contributed by atoms with Gasteiger partial charge in [0.1, 0.15) is 11.4 Å². The molecule has 22 heavy (non-hydrogen) atoms. The molecule has 0 unspecified atom stereocenters. The summed E-state index contributed by atoms with van der Waals surface area (Å²) in [7, 11) is 0. The van der Waals surface area contributed by atoms with Crippen LogP contribution < -0.4 is 16.0 Å². The summed E-state index contributed by atoms with van der Waals surface area (Å²) in [5.41, 5.74) is -0.0286. The normalized spacial score (nSPS) is 10.9. The number of aromatic amines is 1. The van der Waals surface area contributed by atoms with Gasteiger partial charge in [-0.15, -0.1) is 0 Å². The van der Waals surface area contributed by atoms with Crippen molar-refractivity contribution >= 4 is 0 Å². The number of aromatic nitrogens is 3. The second-order valence-corrected chi connectivity index (χ2v) is 5.14. The van der Waals surface area contributed by atoms with Crippen LogP contribution in [0.5, 0.6) is 5.75 Å². The van der Waals surface area contributed by atoms with Gasteiger partial charge in [0.25, 0.3) is 5.56 Å². The van der Waals surface area contributed by atoms with Crippen LogP contribution in [0.15, 0.2) is 33.9 Å². The molecule has 0 bridgehead atoms. The Morgan fingerprint density at radius 2 is 1.95 bits per heavy atom. The zero-order valence-corrected chi connectivity index (χ0v) is 12.6. The van der Waals surface area contributed by atoms with Gasteiger partial charge in [-0.2, -0.15) is 5.10 Å². The SMILES string of the molecule is CC(C)Oc1ccc(Cc2nn(CCO)c(=O)[nH]c2=O)cc1. The average molecular weight is 305 g/mol. The van der Waals surface area contributed by atoms with Crippen molar-refractivity contribution in [2.24, 2.45) is 0 Å². The number of hydrogen-bond donors (Lipinski definition) is 2. The van der Waals surface area contributed by atoms with Crippen LogP contribution in [-0.4, -0.2) is 32.6 Å². The van der Waals surface area contributed by atoms with Gasteiger partial charge in [0, 0.05) is 6.42 Å². The molecule has 0 aliphatic heterocycles. The van der Waals surface area contributed by atoms with Crippen LogP contribution in [0.3, 0.4) is 0 Å². The highest BCUT2D eigenvalue weighted by molar-refractivity contribution is 5.29. The summed E-state index contributed by atoms with van der Waals surface area (Å²) in [5, 5.41) is 12.9. The van der Waals surface area contributed by atoms with Crippen LogP contribution in [0.2, 0.25) is 0 Å². The number of nitrogens with one attached hydrogen (secondary N) is 1. The minimum absolute atomic E-state index is 0.0454. The molecule has 0 aliphatic carbocycles. The van der Waals surface area contributed by atoms with Crippen molar-refractivity contribution in [2.45, 2.75) is 32.9 Å². The van der Waals surface area contributed by atoms with Crippen LogP contribution >= 0.6 is 0 Å². The molecule has 7 heteroatoms. The quantitative estimate of drug-likeness (QED) is 0.800. The largest absolute Gasteiger partial charge is 0.491 e. The lowest BCUT2D eigenvalue weighted by Gasteiger charge is -2.10. The van der Waals surface area contributed by atoms with Gasteiger partial charge in [-0.1, -0.05) is 12.1 Å². The fraction of sp³-hybridized carbons (Fsp3) is 0.400. The second-order valence-electron chi connectivity index (χ2n) is 5.14. The van der Waals surface area contributed by atoms with Gasteiger partial charge in [-0.05, 0) is 31.5 Å². The summed E-state index contributed by atoms with van der Waals surface area (Å²) >= 11 is 0. The second kappa shape index (κ2) is 7.04. The minimum atomic E-state index is -0.622. The Morgan fingerprint density at radius 1 is 1.27 bits per heavy atom. The summed E-state index contributed by atoms with van der Waals surface area (Å²) in [4.78, 5) is 25.5. The highest BCUT2D eigenvalue weighted by Gasteiger charge is 2.08. The smallest absolute Gasteiger partial charge is 0.344 e. The van der Waals surface area contributed by atoms with Crippen LogP contribution in [0.1, 0.15) is 25.1 Å². The number of ether oxygens (including phenoxy) is 1. The lowest BCUT2D eigenvalue weighted by Crippen LogP contribution is -2.35. The van der Waals surface area contributed by atoms with Gasteiger partial charge in [-0.25, -0.2) is 9.48 Å². The molecule has 0 radical (unpaired) electrons. The number of H-pyrrole nitrogens is 1. The Hall–Kier alpha value is -2.41. The minimum Gasteiger partial charge on any atom is -0.491 e. The molecule has 2 aromatic rings. The molecule has 1 aromatic carbocycles. The Kier molecular flexibility index (Phi) is 5.11. The van der Waals surface area contributed by atoms with Crippen LogP contribution in [0.4, 0.5) is 0 Å². The molecule has 1 aromatic heterocycles. The molecular weight excluding hydrogens is 286 g/mol. The van der Waals surface area contributed by atoms with Gasteiger partial charge in [0.15, 0.2) is 0 Å². The van der Waals surface area contributed by atoms with Gasteiger partial charge in [0.05, 0.1) is 19.3 Å². The lowest BCUT2D eigenvalue weighted by molar-refractivity contribution is 0.242. The standard InChI is InChI=1S/C15H19N3O4/c1-10(2)22-12-5-3-11(4-6-12)9-13-14(20)16-15(21)18(17-13)7-8-19/h3-6,10,19H,7-9H2,1-2H3,(H,16,20,21). The third-order valence-electron chi connectivity index (χ3n) is 2.94. The Labute approximate surface area is 127 Å². The van der Waals surface area contributed by atoms with E-state index in [1.165, 1.54) is 0 Å². The van der Waals surface area contributed by atoms with E-state index in [2.05, 4.69) is 10.1 Å². The molecule has 0 spiro atoms. The molecule has 0 fully saturated rings. The van der Waals surface area contributed by atoms with Gasteiger partial charge in [0.2, 0.25) is 0 Å². The Balaban J connectivity index is 2.21. The zero-order valence-electron chi connectivity index (χ0n) is 12.6. The third-order valence-corrected chi connectivity index (χ3v) is 2.94. The molecular formula is C15H19N3O4. The molecule has 0 aliphatic rings. The van der Waals surface area contributed by atoms with Crippen molar-refractivity contribution in [3.8, 4) is 5.75 Å². The van der Waals surface area contributed by atoms with E-state index in [1.807, 2.05) is 38.1 Å². The summed E-state index contributed by atoms with van der Waals surface area (Å²) < 4.78 is 6.60. The van der Waals surface area contributed by atoms with Crippen LogP contribution in [0.25, 0.3) is 0 Å². The summed E-state index contributed by atoms with van der Waals surface area (Å²) in [5.74, 6) is 0.755. The summed E-state index contributed by atoms with van der Waals surface area (Å²) in [6.45, 7) is 3.72. The number of aliphatic hydroxyl groups is 1. The fourth-order valence-electron chi connectivity index (χ4n) is 1.98. The summed E-state index contributed by atoms with van der Waals surface area (Å²) in [6.07, 6.45) is 0.389. The highest BCUT2D eigenvalue weighted by atomic mass is 16.5. The van der Waals surface area contributed by atoms with E-state index >= 15 is 0 Å². The molecule has 2 N–H and O–H groups in total. The number of rotatable bonds is 6. The number of benzene rings is 1. The van der Waals surface area contributed by atoms with Crippen molar-refractivity contribution in [1.82, 2.24) is 14.8 Å². The maximum Gasteiger partial charge on any atom is 0.344 e. The molecule has 0 saturated carbocycles. The first-order valence-electron chi connectivity index (χ1n) is 7.06. The maximum atomic E-state index is 11.8. The summed E-state index contributed by atoms with van der Waals surface area (Å²) in [6, 6.07) is 7.35. The average Bonchev–Trinajstić information content (AvgIpc) is 2.45. The Bertz CT molecular complexity index is 732.